The third kappa shape index (κ3) is 4.62. The SMILES string of the molecule is [N-]=[N+]=N[C@H]1C[C@@H](COC(c2ccccc2)(c2ccccc2)c2ccccc2)O[C@H]1n1cnc2c(Cl)ncnc21. The predicted octanol–water partition coefficient (Wildman–Crippen LogP) is 6.45. The number of benzene rings is 3. The molecule has 2 aromatic heterocycles. The summed E-state index contributed by atoms with van der Waals surface area (Å²) < 4.78 is 15.1. The third-order valence-corrected chi connectivity index (χ3v) is 7.26. The first kappa shape index (κ1) is 25.0. The summed E-state index contributed by atoms with van der Waals surface area (Å²) in [7, 11) is 0. The van der Waals surface area contributed by atoms with Crippen LogP contribution in [0.3, 0.4) is 0 Å². The van der Waals surface area contributed by atoms with Gasteiger partial charge in [-0.1, -0.05) is 108 Å². The number of azide groups is 1. The molecule has 1 aliphatic heterocycles. The average Bonchev–Trinajstić information content (AvgIpc) is 3.60. The topological polar surface area (TPSA) is 111 Å². The first-order chi connectivity index (χ1) is 19.2. The maximum absolute atomic E-state index is 9.29. The Morgan fingerprint density at radius 3 is 2.08 bits per heavy atom. The minimum absolute atomic E-state index is 0.245. The zero-order valence-corrected chi connectivity index (χ0v) is 21.5. The van der Waals surface area contributed by atoms with Crippen LogP contribution < -0.4 is 0 Å². The molecule has 0 bridgehead atoms. The van der Waals surface area contributed by atoms with Gasteiger partial charge in [0, 0.05) is 4.91 Å². The van der Waals surface area contributed by atoms with E-state index < -0.39 is 17.9 Å². The van der Waals surface area contributed by atoms with Gasteiger partial charge in [0.05, 0.1) is 25.1 Å². The molecule has 9 nitrogen and oxygen atoms in total. The van der Waals surface area contributed by atoms with Crippen LogP contribution in [0.1, 0.15) is 29.3 Å². The summed E-state index contributed by atoms with van der Waals surface area (Å²) in [5.74, 6) is 0. The molecule has 39 heavy (non-hydrogen) atoms. The van der Waals surface area contributed by atoms with Gasteiger partial charge in [0.2, 0.25) is 0 Å². The highest BCUT2D eigenvalue weighted by atomic mass is 35.5. The molecular weight excluding hydrogens is 514 g/mol. The van der Waals surface area contributed by atoms with Gasteiger partial charge in [0.25, 0.3) is 0 Å². The molecule has 5 aromatic rings. The van der Waals surface area contributed by atoms with Gasteiger partial charge in [-0.2, -0.15) is 0 Å². The van der Waals surface area contributed by atoms with Crippen molar-refractivity contribution in [2.45, 2.75) is 30.4 Å². The number of ether oxygens (including phenoxy) is 2. The van der Waals surface area contributed by atoms with Gasteiger partial charge in [0.15, 0.2) is 10.8 Å². The fourth-order valence-electron chi connectivity index (χ4n) is 5.25. The number of nitrogens with zero attached hydrogens (tertiary/aromatic N) is 7. The zero-order valence-electron chi connectivity index (χ0n) is 20.8. The number of halogens is 1. The van der Waals surface area contributed by atoms with E-state index in [0.29, 0.717) is 17.6 Å². The Bertz CT molecular complexity index is 1510. The van der Waals surface area contributed by atoms with Crippen molar-refractivity contribution in [1.29, 1.82) is 0 Å². The maximum atomic E-state index is 9.29. The van der Waals surface area contributed by atoms with Crippen LogP contribution in [0.15, 0.2) is 109 Å². The van der Waals surface area contributed by atoms with Crippen LogP contribution in [0.25, 0.3) is 21.6 Å². The van der Waals surface area contributed by atoms with E-state index in [-0.39, 0.29) is 17.9 Å². The monoisotopic (exact) mass is 537 g/mol. The zero-order chi connectivity index (χ0) is 26.7. The van der Waals surface area contributed by atoms with E-state index in [9.17, 15) is 5.53 Å². The minimum Gasteiger partial charge on any atom is -0.358 e. The fourth-order valence-corrected chi connectivity index (χ4v) is 5.43. The van der Waals surface area contributed by atoms with Crippen molar-refractivity contribution in [3.63, 3.8) is 0 Å². The van der Waals surface area contributed by atoms with E-state index in [1.807, 2.05) is 54.6 Å². The van der Waals surface area contributed by atoms with Crippen molar-refractivity contribution >= 4 is 22.8 Å². The van der Waals surface area contributed by atoms with Gasteiger partial charge < -0.3 is 9.47 Å². The summed E-state index contributed by atoms with van der Waals surface area (Å²) in [6, 6.07) is 30.0. The van der Waals surface area contributed by atoms with Crippen LogP contribution in [0.4, 0.5) is 0 Å². The summed E-state index contributed by atoms with van der Waals surface area (Å²) in [6.45, 7) is 0.245. The second-order valence-electron chi connectivity index (χ2n) is 9.24. The Morgan fingerprint density at radius 2 is 1.51 bits per heavy atom. The molecule has 0 radical (unpaired) electrons. The second kappa shape index (κ2) is 10.8. The van der Waals surface area contributed by atoms with Gasteiger partial charge in [-0.25, -0.2) is 15.0 Å². The summed E-state index contributed by atoms with van der Waals surface area (Å²) in [4.78, 5) is 15.7. The van der Waals surface area contributed by atoms with Crippen molar-refractivity contribution < 1.29 is 9.47 Å². The summed E-state index contributed by atoms with van der Waals surface area (Å²) in [6.07, 6.45) is 2.43. The lowest BCUT2D eigenvalue weighted by molar-refractivity contribution is -0.0766. The van der Waals surface area contributed by atoms with Gasteiger partial charge >= 0.3 is 0 Å². The molecule has 1 saturated heterocycles. The average molecular weight is 538 g/mol. The molecule has 0 amide bonds. The summed E-state index contributed by atoms with van der Waals surface area (Å²) in [5, 5.41) is 4.28. The van der Waals surface area contributed by atoms with Crippen LogP contribution in [-0.2, 0) is 15.1 Å². The predicted molar refractivity (Wildman–Crippen MR) is 147 cm³/mol. The number of imidazole rings is 1. The molecule has 3 atom stereocenters. The fraction of sp³-hybridized carbons (Fsp3) is 0.207. The van der Waals surface area contributed by atoms with Crippen molar-refractivity contribution in [2.75, 3.05) is 6.61 Å². The van der Waals surface area contributed by atoms with Crippen LogP contribution >= 0.6 is 11.6 Å². The van der Waals surface area contributed by atoms with Gasteiger partial charge in [-0.05, 0) is 28.6 Å². The smallest absolute Gasteiger partial charge is 0.166 e. The Hall–Kier alpha value is -4.27. The quantitative estimate of drug-likeness (QED) is 0.0741. The van der Waals surface area contributed by atoms with Crippen LogP contribution in [0.5, 0.6) is 0 Å². The lowest BCUT2D eigenvalue weighted by atomic mass is 9.80. The van der Waals surface area contributed by atoms with Gasteiger partial charge in [-0.15, -0.1) is 0 Å². The molecule has 0 spiro atoms. The second-order valence-corrected chi connectivity index (χ2v) is 9.59. The molecule has 10 heteroatoms. The third-order valence-electron chi connectivity index (χ3n) is 6.98. The number of hydrogen-bond donors (Lipinski definition) is 0. The largest absolute Gasteiger partial charge is 0.358 e. The molecule has 0 unspecified atom stereocenters. The van der Waals surface area contributed by atoms with E-state index >= 15 is 0 Å². The highest BCUT2D eigenvalue weighted by Gasteiger charge is 2.42. The molecular formula is C29H24ClN7O2. The number of rotatable bonds is 8. The van der Waals surface area contributed by atoms with E-state index in [0.717, 1.165) is 16.7 Å². The van der Waals surface area contributed by atoms with Crippen molar-refractivity contribution in [1.82, 2.24) is 19.5 Å². The molecule has 0 aliphatic carbocycles. The Kier molecular flexibility index (Phi) is 6.96. The van der Waals surface area contributed by atoms with Crippen LogP contribution in [-0.4, -0.2) is 38.3 Å². The van der Waals surface area contributed by atoms with E-state index in [1.165, 1.54) is 6.33 Å². The highest BCUT2D eigenvalue weighted by Crippen LogP contribution is 2.42. The molecule has 194 valence electrons. The van der Waals surface area contributed by atoms with Gasteiger partial charge in [0.1, 0.15) is 23.7 Å². The van der Waals surface area contributed by atoms with Crippen LogP contribution in [0, 0.1) is 0 Å². The lowest BCUT2D eigenvalue weighted by Crippen LogP contribution is -2.35. The Morgan fingerprint density at radius 1 is 0.923 bits per heavy atom. The van der Waals surface area contributed by atoms with Crippen molar-refractivity contribution in [2.24, 2.45) is 5.11 Å². The minimum atomic E-state index is -0.887. The molecule has 3 heterocycles. The molecule has 0 N–H and O–H groups in total. The van der Waals surface area contributed by atoms with Crippen molar-refractivity contribution in [3.8, 4) is 0 Å². The summed E-state index contributed by atoms with van der Waals surface area (Å²) in [5.41, 5.74) is 12.4. The molecule has 6 rings (SSSR count). The van der Waals surface area contributed by atoms with E-state index in [1.54, 1.807) is 10.9 Å². The maximum Gasteiger partial charge on any atom is 0.166 e. The van der Waals surface area contributed by atoms with E-state index in [2.05, 4.69) is 61.4 Å². The molecule has 1 aliphatic rings. The normalized spacial score (nSPS) is 19.2. The molecule has 3 aromatic carbocycles. The molecule has 1 fully saturated rings. The van der Waals surface area contributed by atoms with Crippen molar-refractivity contribution in [3.05, 3.63) is 136 Å². The van der Waals surface area contributed by atoms with Gasteiger partial charge in [-0.3, -0.25) is 4.57 Å². The van der Waals surface area contributed by atoms with E-state index in [4.69, 9.17) is 21.1 Å². The molecule has 0 saturated carbocycles. The number of fused-ring (bicyclic) bond motifs is 1. The Labute approximate surface area is 229 Å². The first-order valence-electron chi connectivity index (χ1n) is 12.5. The Balaban J connectivity index is 1.37. The number of hydrogen-bond acceptors (Lipinski definition) is 6. The number of aromatic nitrogens is 4. The first-order valence-corrected chi connectivity index (χ1v) is 12.9. The standard InChI is InChI=1S/C29H24ClN7O2/c30-26-25-27(33-18-32-26)37(19-34-25)28-24(35-36-31)16-23(39-28)17-38-29(20-10-4-1-5-11-20,21-12-6-2-7-13-21)22-14-8-3-9-15-22/h1-15,18-19,23-24,28H,16-17H2/t23-,24-,28+/m0/s1. The summed E-state index contributed by atoms with van der Waals surface area (Å²) >= 11 is 6.21. The lowest BCUT2D eigenvalue weighted by Gasteiger charge is -2.36. The highest BCUT2D eigenvalue weighted by molar-refractivity contribution is 6.33. The van der Waals surface area contributed by atoms with Crippen LogP contribution in [0.2, 0.25) is 5.15 Å².